The molecule has 0 atom stereocenters. The van der Waals surface area contributed by atoms with Crippen LogP contribution in [-0.2, 0) is 4.79 Å². The molecule has 7 nitrogen and oxygen atoms in total. The minimum atomic E-state index is -0.537. The largest absolute Gasteiger partial charge is 0.422 e. The molecule has 0 bridgehead atoms. The molecule has 0 radical (unpaired) electrons. The lowest BCUT2D eigenvalue weighted by molar-refractivity contribution is -0.120. The molecule has 0 unspecified atom stereocenters. The first-order valence-corrected chi connectivity index (χ1v) is 11.5. The molecule has 0 saturated heterocycles. The zero-order valence-corrected chi connectivity index (χ0v) is 20.1. The van der Waals surface area contributed by atoms with Gasteiger partial charge in [0.2, 0.25) is 0 Å². The van der Waals surface area contributed by atoms with Crippen LogP contribution in [0.15, 0.2) is 90.0 Å². The lowest BCUT2D eigenvalue weighted by Gasteiger charge is -2.11. The van der Waals surface area contributed by atoms with Gasteiger partial charge in [0, 0.05) is 5.56 Å². The third-order valence-electron chi connectivity index (χ3n) is 5.30. The van der Waals surface area contributed by atoms with E-state index in [1.165, 1.54) is 6.21 Å². The number of ether oxygens (including phenoxy) is 1. The maximum Gasteiger partial charge on any atom is 0.343 e. The lowest BCUT2D eigenvalue weighted by atomic mass is 10.0. The molecule has 0 aliphatic carbocycles. The quantitative estimate of drug-likeness (QED) is 0.163. The molecule has 0 saturated carbocycles. The van der Waals surface area contributed by atoms with Crippen molar-refractivity contribution in [2.45, 2.75) is 6.92 Å². The summed E-state index contributed by atoms with van der Waals surface area (Å²) >= 11 is 6.01. The van der Waals surface area contributed by atoms with Crippen LogP contribution in [0.5, 0.6) is 5.75 Å². The molecular weight excluding hydrogens is 478 g/mol. The van der Waals surface area contributed by atoms with Crippen molar-refractivity contribution < 1.29 is 19.1 Å². The van der Waals surface area contributed by atoms with E-state index in [0.717, 1.165) is 16.3 Å². The summed E-state index contributed by atoms with van der Waals surface area (Å²) in [6.45, 7) is 1.59. The van der Waals surface area contributed by atoms with Crippen LogP contribution < -0.4 is 15.5 Å². The molecule has 0 fully saturated rings. The fourth-order valence-electron chi connectivity index (χ4n) is 3.54. The van der Waals surface area contributed by atoms with Gasteiger partial charge < -0.3 is 10.1 Å². The first-order valence-electron chi connectivity index (χ1n) is 11.1. The van der Waals surface area contributed by atoms with E-state index in [1.807, 2.05) is 43.3 Å². The molecule has 2 amide bonds. The van der Waals surface area contributed by atoms with Crippen LogP contribution in [0.3, 0.4) is 0 Å². The maximum atomic E-state index is 12.7. The summed E-state index contributed by atoms with van der Waals surface area (Å²) in [5, 5.41) is 8.51. The number of esters is 1. The number of carbonyl (C=O) groups excluding carboxylic acids is 3. The van der Waals surface area contributed by atoms with E-state index in [4.69, 9.17) is 16.3 Å². The summed E-state index contributed by atoms with van der Waals surface area (Å²) in [6, 6.07) is 24.7. The SMILES string of the molecule is Cc1cccc(C(=O)Oc2ccc3ccccc3c2C=NNC(=O)CNC(=O)c2ccccc2Cl)c1. The van der Waals surface area contributed by atoms with Crippen LogP contribution in [-0.4, -0.2) is 30.5 Å². The van der Waals surface area contributed by atoms with E-state index < -0.39 is 17.8 Å². The Morgan fingerprint density at radius 1 is 0.944 bits per heavy atom. The number of hydrazone groups is 1. The van der Waals surface area contributed by atoms with Crippen molar-refractivity contribution in [1.82, 2.24) is 10.7 Å². The molecular formula is C28H22ClN3O4. The topological polar surface area (TPSA) is 96.9 Å². The van der Waals surface area contributed by atoms with E-state index in [0.29, 0.717) is 16.9 Å². The second-order valence-electron chi connectivity index (χ2n) is 7.91. The summed E-state index contributed by atoms with van der Waals surface area (Å²) in [5.41, 5.74) is 4.54. The molecule has 0 aliphatic rings. The fraction of sp³-hybridized carbons (Fsp3) is 0.0714. The Morgan fingerprint density at radius 3 is 2.53 bits per heavy atom. The molecule has 180 valence electrons. The Balaban J connectivity index is 1.48. The first kappa shape index (κ1) is 24.6. The van der Waals surface area contributed by atoms with E-state index in [1.54, 1.807) is 48.5 Å². The Bertz CT molecular complexity index is 1480. The van der Waals surface area contributed by atoms with Crippen molar-refractivity contribution in [2.75, 3.05) is 6.54 Å². The predicted molar refractivity (Wildman–Crippen MR) is 140 cm³/mol. The van der Waals surface area contributed by atoms with E-state index in [2.05, 4.69) is 15.8 Å². The van der Waals surface area contributed by atoms with Crippen LogP contribution >= 0.6 is 11.6 Å². The molecule has 0 aromatic heterocycles. The molecule has 8 heteroatoms. The van der Waals surface area contributed by atoms with Crippen molar-refractivity contribution in [2.24, 2.45) is 5.10 Å². The number of hydrogen-bond donors (Lipinski definition) is 2. The highest BCUT2D eigenvalue weighted by Gasteiger charge is 2.14. The van der Waals surface area contributed by atoms with Gasteiger partial charge in [-0.2, -0.15) is 5.10 Å². The summed E-state index contributed by atoms with van der Waals surface area (Å²) in [4.78, 5) is 37.2. The Kier molecular flexibility index (Phi) is 7.72. The lowest BCUT2D eigenvalue weighted by Crippen LogP contribution is -2.35. The molecule has 4 aromatic carbocycles. The number of fused-ring (bicyclic) bond motifs is 1. The van der Waals surface area contributed by atoms with Gasteiger partial charge in [-0.25, -0.2) is 10.2 Å². The zero-order chi connectivity index (χ0) is 25.5. The number of halogens is 1. The fourth-order valence-corrected chi connectivity index (χ4v) is 3.76. The van der Waals surface area contributed by atoms with Crippen molar-refractivity contribution in [3.8, 4) is 5.75 Å². The Labute approximate surface area is 212 Å². The highest BCUT2D eigenvalue weighted by atomic mass is 35.5. The number of nitrogens with one attached hydrogen (secondary N) is 2. The third-order valence-corrected chi connectivity index (χ3v) is 5.63. The van der Waals surface area contributed by atoms with Gasteiger partial charge in [0.05, 0.1) is 28.9 Å². The summed E-state index contributed by atoms with van der Waals surface area (Å²) < 4.78 is 5.68. The molecule has 2 N–H and O–H groups in total. The van der Waals surface area contributed by atoms with Gasteiger partial charge in [0.25, 0.3) is 11.8 Å². The maximum absolute atomic E-state index is 12.7. The standard InChI is InChI=1S/C28H22ClN3O4/c1-18-7-6-9-20(15-18)28(35)36-25-14-13-19-8-2-3-10-21(19)23(25)16-31-32-26(33)17-30-27(34)22-11-4-5-12-24(22)29/h2-16H,17H2,1H3,(H,30,34)(H,32,33). The smallest absolute Gasteiger partial charge is 0.343 e. The normalized spacial score (nSPS) is 10.8. The van der Waals surface area contributed by atoms with Gasteiger partial charge >= 0.3 is 5.97 Å². The molecule has 4 aromatic rings. The zero-order valence-electron chi connectivity index (χ0n) is 19.3. The van der Waals surface area contributed by atoms with E-state index in [9.17, 15) is 14.4 Å². The van der Waals surface area contributed by atoms with Crippen molar-refractivity contribution in [1.29, 1.82) is 0 Å². The number of carbonyl (C=O) groups is 3. The summed E-state index contributed by atoms with van der Waals surface area (Å²) in [6.07, 6.45) is 1.41. The average molecular weight is 500 g/mol. The van der Waals surface area contributed by atoms with Crippen molar-refractivity contribution in [3.05, 3.63) is 112 Å². The third kappa shape index (κ3) is 5.95. The second-order valence-corrected chi connectivity index (χ2v) is 8.32. The van der Waals surface area contributed by atoms with Gasteiger partial charge in [-0.05, 0) is 48.0 Å². The molecule has 0 heterocycles. The van der Waals surface area contributed by atoms with Crippen LogP contribution in [0.4, 0.5) is 0 Å². The summed E-state index contributed by atoms with van der Waals surface area (Å²) in [7, 11) is 0. The van der Waals surface area contributed by atoms with Gasteiger partial charge in [-0.15, -0.1) is 0 Å². The first-order chi connectivity index (χ1) is 17.4. The molecule has 0 aliphatic heterocycles. The minimum Gasteiger partial charge on any atom is -0.422 e. The Morgan fingerprint density at radius 2 is 1.72 bits per heavy atom. The molecule has 4 rings (SSSR count). The Hall–Kier alpha value is -4.49. The van der Waals surface area contributed by atoms with Crippen LogP contribution in [0.25, 0.3) is 10.8 Å². The van der Waals surface area contributed by atoms with Crippen molar-refractivity contribution >= 4 is 46.4 Å². The van der Waals surface area contributed by atoms with Crippen molar-refractivity contribution in [3.63, 3.8) is 0 Å². The van der Waals surface area contributed by atoms with E-state index >= 15 is 0 Å². The highest BCUT2D eigenvalue weighted by Crippen LogP contribution is 2.27. The van der Waals surface area contributed by atoms with Gasteiger partial charge in [-0.1, -0.05) is 71.8 Å². The van der Waals surface area contributed by atoms with Gasteiger partial charge in [-0.3, -0.25) is 9.59 Å². The number of amides is 2. The van der Waals surface area contributed by atoms with Crippen LogP contribution in [0.2, 0.25) is 5.02 Å². The number of hydrogen-bond acceptors (Lipinski definition) is 5. The van der Waals surface area contributed by atoms with Crippen LogP contribution in [0.1, 0.15) is 31.8 Å². The second kappa shape index (κ2) is 11.3. The predicted octanol–water partition coefficient (Wildman–Crippen LogP) is 4.90. The number of benzene rings is 4. The highest BCUT2D eigenvalue weighted by molar-refractivity contribution is 6.33. The number of aryl methyl sites for hydroxylation is 1. The van der Waals surface area contributed by atoms with Gasteiger partial charge in [0.15, 0.2) is 0 Å². The molecule has 0 spiro atoms. The monoisotopic (exact) mass is 499 g/mol. The van der Waals surface area contributed by atoms with Crippen LogP contribution in [0, 0.1) is 6.92 Å². The molecule has 36 heavy (non-hydrogen) atoms. The number of rotatable bonds is 7. The average Bonchev–Trinajstić information content (AvgIpc) is 2.88. The number of nitrogens with zero attached hydrogens (tertiary/aromatic N) is 1. The summed E-state index contributed by atoms with van der Waals surface area (Å²) in [5.74, 6) is -1.22. The van der Waals surface area contributed by atoms with E-state index in [-0.39, 0.29) is 17.1 Å². The van der Waals surface area contributed by atoms with Gasteiger partial charge in [0.1, 0.15) is 5.75 Å². The minimum absolute atomic E-state index is 0.270.